The van der Waals surface area contributed by atoms with Crippen molar-refractivity contribution in [2.24, 2.45) is 0 Å². The molecule has 1 N–H and O–H groups in total. The SMILES string of the molecule is Cc1ccc(NC(=O)C[n+]2ccc(C)cc2)cc1. The van der Waals surface area contributed by atoms with Crippen molar-refractivity contribution >= 4 is 11.6 Å². The normalized spacial score (nSPS) is 10.1. The van der Waals surface area contributed by atoms with Gasteiger partial charge in [0.05, 0.1) is 0 Å². The molecule has 0 saturated heterocycles. The van der Waals surface area contributed by atoms with E-state index in [2.05, 4.69) is 5.32 Å². The first-order chi connectivity index (χ1) is 8.63. The fraction of sp³-hybridized carbons (Fsp3) is 0.200. The molecule has 0 aliphatic rings. The Morgan fingerprint density at radius 2 is 1.56 bits per heavy atom. The Morgan fingerprint density at radius 1 is 1.00 bits per heavy atom. The molecule has 1 heterocycles. The molecule has 0 saturated carbocycles. The quantitative estimate of drug-likeness (QED) is 0.821. The van der Waals surface area contributed by atoms with Gasteiger partial charge in [0.2, 0.25) is 6.54 Å². The summed E-state index contributed by atoms with van der Waals surface area (Å²) in [5.41, 5.74) is 3.20. The maximum absolute atomic E-state index is 11.8. The molecule has 2 rings (SSSR count). The number of carbonyl (C=O) groups is 1. The van der Waals surface area contributed by atoms with Crippen LogP contribution in [-0.4, -0.2) is 5.91 Å². The van der Waals surface area contributed by atoms with Crippen LogP contribution < -0.4 is 9.88 Å². The van der Waals surface area contributed by atoms with E-state index in [-0.39, 0.29) is 5.91 Å². The van der Waals surface area contributed by atoms with E-state index in [9.17, 15) is 4.79 Å². The Balaban J connectivity index is 1.96. The second-order valence-corrected chi connectivity index (χ2v) is 4.46. The van der Waals surface area contributed by atoms with Crippen LogP contribution in [0.3, 0.4) is 0 Å². The van der Waals surface area contributed by atoms with Gasteiger partial charge in [0, 0.05) is 17.8 Å². The van der Waals surface area contributed by atoms with E-state index in [1.54, 1.807) is 0 Å². The lowest BCUT2D eigenvalue weighted by Crippen LogP contribution is -2.39. The van der Waals surface area contributed by atoms with Gasteiger partial charge in [-0.15, -0.1) is 0 Å². The molecule has 0 unspecified atom stereocenters. The van der Waals surface area contributed by atoms with Crippen molar-refractivity contribution in [1.82, 2.24) is 0 Å². The lowest BCUT2D eigenvalue weighted by Gasteiger charge is -2.03. The molecule has 18 heavy (non-hydrogen) atoms. The molecule has 0 spiro atoms. The van der Waals surface area contributed by atoms with Crippen LogP contribution in [0.15, 0.2) is 48.8 Å². The summed E-state index contributed by atoms with van der Waals surface area (Å²) in [6.45, 7) is 4.37. The average molecular weight is 241 g/mol. The number of rotatable bonds is 3. The molecule has 0 fully saturated rings. The van der Waals surface area contributed by atoms with Crippen LogP contribution in [0.2, 0.25) is 0 Å². The highest BCUT2D eigenvalue weighted by atomic mass is 16.1. The zero-order chi connectivity index (χ0) is 13.0. The van der Waals surface area contributed by atoms with E-state index in [4.69, 9.17) is 0 Å². The maximum atomic E-state index is 11.8. The Labute approximate surface area is 107 Å². The molecule has 0 aliphatic carbocycles. The smallest absolute Gasteiger partial charge is 0.290 e. The van der Waals surface area contributed by atoms with Gasteiger partial charge in [-0.1, -0.05) is 17.7 Å². The van der Waals surface area contributed by atoms with E-state index in [1.807, 2.05) is 67.2 Å². The van der Waals surface area contributed by atoms with Gasteiger partial charge in [-0.3, -0.25) is 4.79 Å². The van der Waals surface area contributed by atoms with Crippen molar-refractivity contribution in [3.63, 3.8) is 0 Å². The number of nitrogens with one attached hydrogen (secondary N) is 1. The number of hydrogen-bond acceptors (Lipinski definition) is 1. The Hall–Kier alpha value is -2.16. The van der Waals surface area contributed by atoms with Gasteiger partial charge >= 0.3 is 0 Å². The number of hydrogen-bond donors (Lipinski definition) is 1. The minimum Gasteiger partial charge on any atom is -0.321 e. The highest BCUT2D eigenvalue weighted by molar-refractivity contribution is 5.89. The molecule has 1 aromatic heterocycles. The third kappa shape index (κ3) is 3.42. The first kappa shape index (κ1) is 12.3. The summed E-state index contributed by atoms with van der Waals surface area (Å²) in [4.78, 5) is 11.8. The number of anilines is 1. The van der Waals surface area contributed by atoms with Crippen LogP contribution in [0.4, 0.5) is 5.69 Å². The highest BCUT2D eigenvalue weighted by Crippen LogP contribution is 2.08. The van der Waals surface area contributed by atoms with Gasteiger partial charge in [-0.25, -0.2) is 0 Å². The number of nitrogens with zero attached hydrogens (tertiary/aromatic N) is 1. The summed E-state index contributed by atoms with van der Waals surface area (Å²) in [5.74, 6) is -0.0206. The Kier molecular flexibility index (Phi) is 3.72. The minimum absolute atomic E-state index is 0.0206. The summed E-state index contributed by atoms with van der Waals surface area (Å²) >= 11 is 0. The van der Waals surface area contributed by atoms with Gasteiger partial charge in [0.15, 0.2) is 12.4 Å². The second-order valence-electron chi connectivity index (χ2n) is 4.46. The molecular weight excluding hydrogens is 224 g/mol. The molecule has 3 heteroatoms. The second kappa shape index (κ2) is 5.45. The van der Waals surface area contributed by atoms with Gasteiger partial charge in [-0.05, 0) is 31.5 Å². The van der Waals surface area contributed by atoms with Crippen molar-refractivity contribution in [1.29, 1.82) is 0 Å². The summed E-state index contributed by atoms with van der Waals surface area (Å²) in [6, 6.07) is 11.8. The molecule has 2 aromatic rings. The minimum atomic E-state index is -0.0206. The molecule has 0 bridgehead atoms. The van der Waals surface area contributed by atoms with E-state index in [0.717, 1.165) is 5.69 Å². The van der Waals surface area contributed by atoms with Gasteiger partial charge in [0.1, 0.15) is 0 Å². The number of benzene rings is 1. The van der Waals surface area contributed by atoms with Crippen LogP contribution in [-0.2, 0) is 11.3 Å². The topological polar surface area (TPSA) is 33.0 Å². The first-order valence-electron chi connectivity index (χ1n) is 5.96. The van der Waals surface area contributed by atoms with E-state index >= 15 is 0 Å². The van der Waals surface area contributed by atoms with Gasteiger partial charge < -0.3 is 5.32 Å². The third-order valence-electron chi connectivity index (χ3n) is 2.72. The third-order valence-corrected chi connectivity index (χ3v) is 2.72. The predicted octanol–water partition coefficient (Wildman–Crippen LogP) is 2.23. The van der Waals surface area contributed by atoms with Crippen LogP contribution in [0, 0.1) is 13.8 Å². The van der Waals surface area contributed by atoms with Crippen molar-refractivity contribution in [3.8, 4) is 0 Å². The summed E-state index contributed by atoms with van der Waals surface area (Å²) in [7, 11) is 0. The van der Waals surface area contributed by atoms with E-state index in [0.29, 0.717) is 6.54 Å². The lowest BCUT2D eigenvalue weighted by molar-refractivity contribution is -0.684. The monoisotopic (exact) mass is 241 g/mol. The number of aromatic nitrogens is 1. The molecule has 92 valence electrons. The summed E-state index contributed by atoms with van der Waals surface area (Å²) < 4.78 is 1.86. The van der Waals surface area contributed by atoms with E-state index in [1.165, 1.54) is 11.1 Å². The average Bonchev–Trinajstić information content (AvgIpc) is 2.35. The largest absolute Gasteiger partial charge is 0.321 e. The molecule has 0 aliphatic heterocycles. The predicted molar refractivity (Wildman–Crippen MR) is 71.2 cm³/mol. The molecule has 1 amide bonds. The zero-order valence-electron chi connectivity index (χ0n) is 10.7. The number of amides is 1. The standard InChI is InChI=1S/C15H16N2O/c1-12-3-5-14(6-4-12)16-15(18)11-17-9-7-13(2)8-10-17/h3-10H,11H2,1-2H3/p+1. The highest BCUT2D eigenvalue weighted by Gasteiger charge is 2.08. The number of aryl methyl sites for hydroxylation is 2. The molecule has 0 atom stereocenters. The lowest BCUT2D eigenvalue weighted by atomic mass is 10.2. The van der Waals surface area contributed by atoms with Crippen LogP contribution >= 0.6 is 0 Å². The van der Waals surface area contributed by atoms with Crippen molar-refractivity contribution in [2.45, 2.75) is 20.4 Å². The van der Waals surface area contributed by atoms with Crippen molar-refractivity contribution < 1.29 is 9.36 Å². The van der Waals surface area contributed by atoms with E-state index < -0.39 is 0 Å². The fourth-order valence-electron chi connectivity index (χ4n) is 1.64. The zero-order valence-corrected chi connectivity index (χ0v) is 10.7. The summed E-state index contributed by atoms with van der Waals surface area (Å²) in [6.07, 6.45) is 3.81. The Morgan fingerprint density at radius 3 is 2.17 bits per heavy atom. The van der Waals surface area contributed by atoms with Gasteiger partial charge in [-0.2, -0.15) is 4.57 Å². The van der Waals surface area contributed by atoms with Crippen molar-refractivity contribution in [3.05, 3.63) is 59.9 Å². The Bertz CT molecular complexity index is 480. The fourth-order valence-corrected chi connectivity index (χ4v) is 1.64. The maximum Gasteiger partial charge on any atom is 0.290 e. The molecule has 1 aromatic carbocycles. The molecule has 3 nitrogen and oxygen atoms in total. The first-order valence-corrected chi connectivity index (χ1v) is 5.96. The van der Waals surface area contributed by atoms with Crippen LogP contribution in [0.25, 0.3) is 0 Å². The summed E-state index contributed by atoms with van der Waals surface area (Å²) in [5, 5.41) is 2.87. The molecule has 0 radical (unpaired) electrons. The number of carbonyl (C=O) groups excluding carboxylic acids is 1. The van der Waals surface area contributed by atoms with Gasteiger partial charge in [0.25, 0.3) is 5.91 Å². The van der Waals surface area contributed by atoms with Crippen molar-refractivity contribution in [2.75, 3.05) is 5.32 Å². The number of pyridine rings is 1. The molecular formula is C15H17N2O+. The van der Waals surface area contributed by atoms with Crippen LogP contribution in [0.1, 0.15) is 11.1 Å². The van der Waals surface area contributed by atoms with Crippen LogP contribution in [0.5, 0.6) is 0 Å².